The molecule has 94 valence electrons. The largest absolute Gasteiger partial charge is 0.456 e. The normalized spacial score (nSPS) is 9.68. The van der Waals surface area contributed by atoms with Gasteiger partial charge in [0.1, 0.15) is 23.4 Å². The second-order valence-electron chi connectivity index (χ2n) is 3.61. The van der Waals surface area contributed by atoms with Crippen molar-refractivity contribution in [3.63, 3.8) is 0 Å². The van der Waals surface area contributed by atoms with Gasteiger partial charge in [-0.1, -0.05) is 6.07 Å². The van der Waals surface area contributed by atoms with E-state index in [4.69, 9.17) is 10.00 Å². The summed E-state index contributed by atoms with van der Waals surface area (Å²) < 4.78 is 18.3. The molecule has 0 spiro atoms. The lowest BCUT2D eigenvalue weighted by atomic mass is 10.2. The SMILES string of the molecule is N#Cc1cc(F)ccc1Oc1cccc([N+](=O)[O-])c1. The molecule has 0 unspecified atom stereocenters. The van der Waals surface area contributed by atoms with E-state index in [1.165, 1.54) is 30.3 Å². The van der Waals surface area contributed by atoms with E-state index >= 15 is 0 Å². The highest BCUT2D eigenvalue weighted by Gasteiger charge is 2.10. The van der Waals surface area contributed by atoms with E-state index in [0.29, 0.717) is 0 Å². The molecule has 6 heteroatoms. The zero-order valence-electron chi connectivity index (χ0n) is 9.54. The Morgan fingerprint density at radius 2 is 2.05 bits per heavy atom. The van der Waals surface area contributed by atoms with E-state index in [1.807, 2.05) is 0 Å². The Balaban J connectivity index is 2.34. The molecule has 0 aliphatic rings. The number of halogens is 1. The van der Waals surface area contributed by atoms with Crippen LogP contribution in [0.15, 0.2) is 42.5 Å². The Labute approximate surface area is 107 Å². The van der Waals surface area contributed by atoms with Crippen LogP contribution in [-0.4, -0.2) is 4.92 Å². The number of rotatable bonds is 3. The van der Waals surface area contributed by atoms with Crippen molar-refractivity contribution in [2.45, 2.75) is 0 Å². The van der Waals surface area contributed by atoms with Crippen molar-refractivity contribution in [3.8, 4) is 17.6 Å². The van der Waals surface area contributed by atoms with Crippen LogP contribution in [0.3, 0.4) is 0 Å². The van der Waals surface area contributed by atoms with Gasteiger partial charge in [0.2, 0.25) is 0 Å². The minimum atomic E-state index is -0.553. The van der Waals surface area contributed by atoms with E-state index in [-0.39, 0.29) is 22.7 Å². The van der Waals surface area contributed by atoms with Crippen molar-refractivity contribution >= 4 is 5.69 Å². The first-order chi connectivity index (χ1) is 9.10. The smallest absolute Gasteiger partial charge is 0.273 e. The summed E-state index contributed by atoms with van der Waals surface area (Å²) >= 11 is 0. The molecule has 0 radical (unpaired) electrons. The van der Waals surface area contributed by atoms with E-state index in [9.17, 15) is 14.5 Å². The summed E-state index contributed by atoms with van der Waals surface area (Å²) in [4.78, 5) is 10.1. The minimum Gasteiger partial charge on any atom is -0.456 e. The van der Waals surface area contributed by atoms with Crippen LogP contribution < -0.4 is 4.74 Å². The van der Waals surface area contributed by atoms with Gasteiger partial charge in [0, 0.05) is 6.07 Å². The number of benzene rings is 2. The van der Waals surface area contributed by atoms with Crippen LogP contribution in [0.4, 0.5) is 10.1 Å². The quantitative estimate of drug-likeness (QED) is 0.624. The molecule has 0 heterocycles. The second-order valence-corrected chi connectivity index (χ2v) is 3.61. The van der Waals surface area contributed by atoms with Crippen LogP contribution in [0.1, 0.15) is 5.56 Å². The number of hydrogen-bond donors (Lipinski definition) is 0. The summed E-state index contributed by atoms with van der Waals surface area (Å²) in [7, 11) is 0. The second kappa shape index (κ2) is 5.14. The van der Waals surface area contributed by atoms with Gasteiger partial charge in [0.15, 0.2) is 0 Å². The third kappa shape index (κ3) is 2.84. The number of nitro benzene ring substituents is 1. The highest BCUT2D eigenvalue weighted by Crippen LogP contribution is 2.27. The molecule has 0 aliphatic heterocycles. The summed E-state index contributed by atoms with van der Waals surface area (Å²) in [5, 5.41) is 19.5. The Morgan fingerprint density at radius 1 is 1.26 bits per heavy atom. The zero-order chi connectivity index (χ0) is 13.8. The van der Waals surface area contributed by atoms with Crippen LogP contribution >= 0.6 is 0 Å². The average molecular weight is 258 g/mol. The topological polar surface area (TPSA) is 76.2 Å². The third-order valence-electron chi connectivity index (χ3n) is 2.32. The molecule has 5 nitrogen and oxygen atoms in total. The Kier molecular flexibility index (Phi) is 3.39. The molecule has 0 N–H and O–H groups in total. The Bertz CT molecular complexity index is 680. The molecule has 0 fully saturated rings. The maximum Gasteiger partial charge on any atom is 0.273 e. The fourth-order valence-electron chi connectivity index (χ4n) is 1.47. The van der Waals surface area contributed by atoms with Gasteiger partial charge in [-0.2, -0.15) is 5.26 Å². The molecular formula is C13H7FN2O3. The molecule has 2 aromatic rings. The van der Waals surface area contributed by atoms with Crippen molar-refractivity contribution in [3.05, 3.63) is 64.0 Å². The molecular weight excluding hydrogens is 251 g/mol. The third-order valence-corrected chi connectivity index (χ3v) is 2.32. The van der Waals surface area contributed by atoms with Crippen molar-refractivity contribution in [2.75, 3.05) is 0 Å². The average Bonchev–Trinajstić information content (AvgIpc) is 2.41. The molecule has 0 bridgehead atoms. The number of nitro groups is 1. The molecule has 0 atom stereocenters. The van der Waals surface area contributed by atoms with Gasteiger partial charge in [-0.15, -0.1) is 0 Å². The molecule has 2 rings (SSSR count). The highest BCUT2D eigenvalue weighted by atomic mass is 19.1. The van der Waals surface area contributed by atoms with E-state index in [2.05, 4.69) is 0 Å². The Hall–Kier alpha value is -2.94. The predicted octanol–water partition coefficient (Wildman–Crippen LogP) is 3.40. The van der Waals surface area contributed by atoms with Crippen LogP contribution in [-0.2, 0) is 0 Å². The van der Waals surface area contributed by atoms with Gasteiger partial charge in [0.25, 0.3) is 5.69 Å². The summed E-state index contributed by atoms with van der Waals surface area (Å²) in [6.45, 7) is 0. The fourth-order valence-corrected chi connectivity index (χ4v) is 1.47. The van der Waals surface area contributed by atoms with Gasteiger partial charge in [-0.05, 0) is 24.3 Å². The van der Waals surface area contributed by atoms with Gasteiger partial charge in [-0.25, -0.2) is 4.39 Å². The highest BCUT2D eigenvalue weighted by molar-refractivity contribution is 5.47. The molecule has 0 amide bonds. The van der Waals surface area contributed by atoms with Gasteiger partial charge in [-0.3, -0.25) is 10.1 Å². The number of nitrogens with zero attached hydrogens (tertiary/aromatic N) is 2. The number of ether oxygens (including phenoxy) is 1. The van der Waals surface area contributed by atoms with Crippen molar-refractivity contribution in [1.29, 1.82) is 5.26 Å². The maximum absolute atomic E-state index is 12.9. The van der Waals surface area contributed by atoms with Crippen LogP contribution in [0, 0.1) is 27.3 Å². The molecule has 2 aromatic carbocycles. The molecule has 0 saturated carbocycles. The molecule has 19 heavy (non-hydrogen) atoms. The van der Waals surface area contributed by atoms with E-state index in [0.717, 1.165) is 12.1 Å². The van der Waals surface area contributed by atoms with Crippen molar-refractivity contribution in [2.24, 2.45) is 0 Å². The molecule has 0 aliphatic carbocycles. The predicted molar refractivity (Wildman–Crippen MR) is 64.3 cm³/mol. The zero-order valence-corrected chi connectivity index (χ0v) is 9.54. The molecule has 0 aromatic heterocycles. The number of hydrogen-bond acceptors (Lipinski definition) is 4. The monoisotopic (exact) mass is 258 g/mol. The first-order valence-electron chi connectivity index (χ1n) is 5.22. The summed E-state index contributed by atoms with van der Waals surface area (Å²) in [6.07, 6.45) is 0. The Morgan fingerprint density at radius 3 is 2.74 bits per heavy atom. The van der Waals surface area contributed by atoms with Crippen molar-refractivity contribution < 1.29 is 14.1 Å². The van der Waals surface area contributed by atoms with Crippen LogP contribution in [0.2, 0.25) is 0 Å². The maximum atomic E-state index is 12.9. The van der Waals surface area contributed by atoms with E-state index in [1.54, 1.807) is 6.07 Å². The number of non-ortho nitro benzene ring substituents is 1. The minimum absolute atomic E-state index is 0.0199. The first kappa shape index (κ1) is 12.5. The molecule has 0 saturated heterocycles. The first-order valence-corrected chi connectivity index (χ1v) is 5.22. The lowest BCUT2D eigenvalue weighted by molar-refractivity contribution is -0.384. The van der Waals surface area contributed by atoms with Crippen LogP contribution in [0.5, 0.6) is 11.5 Å². The summed E-state index contributed by atoms with van der Waals surface area (Å²) in [5.41, 5.74) is -0.107. The van der Waals surface area contributed by atoms with Crippen molar-refractivity contribution in [1.82, 2.24) is 0 Å². The number of nitriles is 1. The lowest BCUT2D eigenvalue weighted by Gasteiger charge is -2.06. The van der Waals surface area contributed by atoms with Gasteiger partial charge >= 0.3 is 0 Å². The lowest BCUT2D eigenvalue weighted by Crippen LogP contribution is -1.91. The summed E-state index contributed by atoms with van der Waals surface area (Å²) in [5.74, 6) is -0.204. The fraction of sp³-hybridized carbons (Fsp3) is 0. The van der Waals surface area contributed by atoms with Crippen LogP contribution in [0.25, 0.3) is 0 Å². The van der Waals surface area contributed by atoms with E-state index < -0.39 is 10.7 Å². The van der Waals surface area contributed by atoms with Gasteiger partial charge < -0.3 is 4.74 Å². The standard InChI is InChI=1S/C13H7FN2O3/c14-10-4-5-13(9(6-10)8-15)19-12-3-1-2-11(7-12)16(17)18/h1-7H. The summed E-state index contributed by atoms with van der Waals surface area (Å²) in [6, 6.07) is 10.8. The van der Waals surface area contributed by atoms with Gasteiger partial charge in [0.05, 0.1) is 16.6 Å².